The lowest BCUT2D eigenvalue weighted by atomic mass is 9.83. The highest BCUT2D eigenvalue weighted by molar-refractivity contribution is 7.79. The minimum Gasteiger partial charge on any atom is -0.194 e. The predicted molar refractivity (Wildman–Crippen MR) is 103 cm³/mol. The molecule has 1 rings (SSSR count). The zero-order valence-corrected chi connectivity index (χ0v) is 22.0. The molecule has 0 atom stereocenters. The summed E-state index contributed by atoms with van der Waals surface area (Å²) in [6.45, 7) is -0.720. The molecule has 0 nitrogen and oxygen atoms in total. The van der Waals surface area contributed by atoms with E-state index in [1.54, 1.807) is 0 Å². The van der Waals surface area contributed by atoms with Gasteiger partial charge in [-0.2, -0.15) is 127 Å². The topological polar surface area (TPSA) is 0 Å². The van der Waals surface area contributed by atoms with Crippen LogP contribution in [0.3, 0.4) is 0 Å². The zero-order valence-electron chi connectivity index (χ0n) is 21.1. The Balaban J connectivity index is 4.18. The molecule has 0 radical (unpaired) electrons. The van der Waals surface area contributed by atoms with Crippen LogP contribution in [0.2, 0.25) is 0 Å². The molecular formula is C20H8F26S. The molecule has 0 saturated carbocycles. The number of benzene rings is 1. The Bertz CT molecular complexity index is 1220. The predicted octanol–water partition coefficient (Wildman–Crippen LogP) is 10.8. The molecule has 0 spiro atoms. The van der Waals surface area contributed by atoms with E-state index in [2.05, 4.69) is 12.6 Å². The normalized spacial score (nSPS) is 16.2. The number of thiol groups is 1. The van der Waals surface area contributed by atoms with Crippen LogP contribution in [0.1, 0.15) is 22.3 Å². The molecule has 0 N–H and O–H groups in total. The molecule has 0 saturated heterocycles. The van der Waals surface area contributed by atoms with Crippen molar-refractivity contribution >= 4 is 12.6 Å². The second kappa shape index (κ2) is 11.1. The Morgan fingerprint density at radius 1 is 0.383 bits per heavy atom. The fraction of sp³-hybridized carbons (Fsp3) is 0.700. The summed E-state index contributed by atoms with van der Waals surface area (Å²) in [6.07, 6.45) is -15.8. The van der Waals surface area contributed by atoms with E-state index in [-0.39, 0.29) is 0 Å². The molecule has 0 aliphatic carbocycles. The molecule has 0 aliphatic heterocycles. The lowest BCUT2D eigenvalue weighted by Gasteiger charge is -2.41. The number of rotatable bonds is 11. The van der Waals surface area contributed by atoms with Crippen molar-refractivity contribution in [3.05, 3.63) is 34.4 Å². The molecule has 276 valence electrons. The Labute approximate surface area is 246 Å². The van der Waals surface area contributed by atoms with Gasteiger partial charge < -0.3 is 0 Å². The third-order valence-electron chi connectivity index (χ3n) is 6.19. The van der Waals surface area contributed by atoms with Crippen LogP contribution in [-0.4, -0.2) is 59.7 Å². The van der Waals surface area contributed by atoms with Gasteiger partial charge in [0.15, 0.2) is 0 Å². The van der Waals surface area contributed by atoms with Crippen LogP contribution in [0.5, 0.6) is 0 Å². The van der Waals surface area contributed by atoms with Gasteiger partial charge in [0, 0.05) is 16.9 Å². The molecule has 1 aromatic carbocycles. The van der Waals surface area contributed by atoms with Gasteiger partial charge in [0.2, 0.25) is 0 Å². The molecule has 0 fully saturated rings. The zero-order chi connectivity index (χ0) is 38.4. The third kappa shape index (κ3) is 5.50. The maximum Gasteiger partial charge on any atom is 0.460 e. The SMILES string of the molecule is Cc1c(C(F)(F)C(F)(F)C(F)(F)C(F)(F)C(F)(F)C(F)(F)F)cc(CS)cc1C(F)(F)C(F)(F)C(F)(F)C(F)(F)C(F)(F)C(F)(F)F. The summed E-state index contributed by atoms with van der Waals surface area (Å²) in [7, 11) is 0. The van der Waals surface area contributed by atoms with Crippen molar-refractivity contribution in [3.8, 4) is 0 Å². The third-order valence-corrected chi connectivity index (χ3v) is 6.56. The van der Waals surface area contributed by atoms with E-state index in [0.29, 0.717) is 0 Å². The van der Waals surface area contributed by atoms with Gasteiger partial charge in [0.1, 0.15) is 0 Å². The number of hydrogen-bond donors (Lipinski definition) is 1. The Hall–Kier alpha value is -2.25. The summed E-state index contributed by atoms with van der Waals surface area (Å²) in [5.74, 6) is -84.5. The van der Waals surface area contributed by atoms with Gasteiger partial charge in [-0.05, 0) is 30.2 Å². The van der Waals surface area contributed by atoms with Crippen molar-refractivity contribution in [2.75, 3.05) is 0 Å². The Morgan fingerprint density at radius 2 is 0.596 bits per heavy atom. The first kappa shape index (κ1) is 42.8. The molecule has 0 heterocycles. The van der Waals surface area contributed by atoms with Crippen molar-refractivity contribution in [3.63, 3.8) is 0 Å². The second-order valence-corrected chi connectivity index (χ2v) is 9.53. The largest absolute Gasteiger partial charge is 0.460 e. The van der Waals surface area contributed by atoms with Gasteiger partial charge in [-0.3, -0.25) is 0 Å². The van der Waals surface area contributed by atoms with Gasteiger partial charge in [0.25, 0.3) is 0 Å². The van der Waals surface area contributed by atoms with E-state index >= 15 is 0 Å². The van der Waals surface area contributed by atoms with Crippen LogP contribution in [-0.2, 0) is 17.6 Å². The molecule has 0 bridgehead atoms. The average molecular weight is 774 g/mol. The van der Waals surface area contributed by atoms with E-state index < -0.39 is 119 Å². The van der Waals surface area contributed by atoms with Crippen LogP contribution in [0.4, 0.5) is 114 Å². The second-order valence-electron chi connectivity index (χ2n) is 9.21. The van der Waals surface area contributed by atoms with E-state index in [0.717, 1.165) is 0 Å². The van der Waals surface area contributed by atoms with Gasteiger partial charge in [-0.25, -0.2) is 0 Å². The first-order valence-electron chi connectivity index (χ1n) is 10.7. The van der Waals surface area contributed by atoms with E-state index in [1.165, 1.54) is 0 Å². The number of alkyl halides is 26. The molecule has 1 aromatic rings. The molecular weight excluding hydrogens is 766 g/mol. The maximum atomic E-state index is 14.8. The van der Waals surface area contributed by atoms with Gasteiger partial charge in [0.05, 0.1) is 0 Å². The minimum atomic E-state index is -8.63. The van der Waals surface area contributed by atoms with Crippen LogP contribution in [0, 0.1) is 6.92 Å². The number of hydrogen-bond acceptors (Lipinski definition) is 1. The van der Waals surface area contributed by atoms with Crippen molar-refractivity contribution in [2.45, 2.75) is 84.3 Å². The summed E-state index contributed by atoms with van der Waals surface area (Å²) >= 11 is 3.07. The van der Waals surface area contributed by atoms with Crippen molar-refractivity contribution < 1.29 is 114 Å². The molecule has 0 aliphatic rings. The monoisotopic (exact) mass is 774 g/mol. The standard InChI is InChI=1S/C20H8F26S/c1-5-7(9(21,22)11(25,26)13(29,30)15(33,34)17(37,38)19(41,42)43)2-6(4-47)3-8(5)10(23,24)12(27,28)14(31,32)16(35,36)18(39,40)20(44,45)46/h2-3,47H,4H2,1H3. The van der Waals surface area contributed by atoms with Crippen LogP contribution in [0.15, 0.2) is 12.1 Å². The van der Waals surface area contributed by atoms with E-state index in [4.69, 9.17) is 0 Å². The quantitative estimate of drug-likeness (QED) is 0.168. The maximum absolute atomic E-state index is 14.8. The minimum absolute atomic E-state index is 0.720. The molecule has 27 heteroatoms. The first-order valence-corrected chi connectivity index (χ1v) is 11.4. The molecule has 0 amide bonds. The highest BCUT2D eigenvalue weighted by atomic mass is 32.1. The molecule has 47 heavy (non-hydrogen) atoms. The van der Waals surface area contributed by atoms with Crippen molar-refractivity contribution in [1.82, 2.24) is 0 Å². The van der Waals surface area contributed by atoms with Crippen molar-refractivity contribution in [1.29, 1.82) is 0 Å². The summed E-state index contributed by atoms with van der Waals surface area (Å²) in [6, 6.07) is -1.79. The van der Waals surface area contributed by atoms with Crippen LogP contribution in [0.25, 0.3) is 0 Å². The van der Waals surface area contributed by atoms with E-state index in [9.17, 15) is 114 Å². The van der Waals surface area contributed by atoms with Gasteiger partial charge >= 0.3 is 71.6 Å². The van der Waals surface area contributed by atoms with Crippen molar-refractivity contribution in [2.24, 2.45) is 0 Å². The highest BCUT2D eigenvalue weighted by Gasteiger charge is 2.92. The highest BCUT2D eigenvalue weighted by Crippen LogP contribution is 2.65. The first-order chi connectivity index (χ1) is 20.1. The summed E-state index contributed by atoms with van der Waals surface area (Å²) in [4.78, 5) is 0. The fourth-order valence-electron chi connectivity index (χ4n) is 3.39. The Morgan fingerprint density at radius 3 is 0.787 bits per heavy atom. The van der Waals surface area contributed by atoms with Gasteiger partial charge in [-0.1, -0.05) is 0 Å². The smallest absolute Gasteiger partial charge is 0.194 e. The molecule has 0 unspecified atom stereocenters. The van der Waals surface area contributed by atoms with Gasteiger partial charge in [-0.15, -0.1) is 0 Å². The molecule has 0 aromatic heterocycles. The number of halogens is 26. The average Bonchev–Trinajstić information content (AvgIpc) is 2.86. The summed E-state index contributed by atoms with van der Waals surface area (Å²) in [5, 5.41) is 0. The van der Waals surface area contributed by atoms with Crippen LogP contribution < -0.4 is 0 Å². The lowest BCUT2D eigenvalue weighted by molar-refractivity contribution is -0.442. The summed E-state index contributed by atoms with van der Waals surface area (Å²) < 4.78 is 352. The fourth-order valence-corrected chi connectivity index (χ4v) is 3.58. The van der Waals surface area contributed by atoms with Crippen LogP contribution >= 0.6 is 12.6 Å². The Kier molecular flexibility index (Phi) is 10.1. The lowest BCUT2D eigenvalue weighted by Crippen LogP contribution is -2.69. The van der Waals surface area contributed by atoms with E-state index in [1.807, 2.05) is 0 Å². The summed E-state index contributed by atoms with van der Waals surface area (Å²) in [5.41, 5.74) is -11.8.